The molecule has 0 saturated heterocycles. The van der Waals surface area contributed by atoms with Crippen molar-refractivity contribution < 1.29 is 13.6 Å². The summed E-state index contributed by atoms with van der Waals surface area (Å²) in [6.07, 6.45) is 0. The van der Waals surface area contributed by atoms with Gasteiger partial charge in [-0.3, -0.25) is 4.79 Å². The Morgan fingerprint density at radius 2 is 2.06 bits per heavy atom. The quantitative estimate of drug-likeness (QED) is 0.645. The van der Waals surface area contributed by atoms with Gasteiger partial charge in [0.15, 0.2) is 0 Å². The first kappa shape index (κ1) is 14.8. The number of rotatable bonds is 6. The first-order chi connectivity index (χ1) is 8.61. The van der Waals surface area contributed by atoms with E-state index in [4.69, 9.17) is 5.26 Å². The number of amides is 1. The van der Waals surface area contributed by atoms with Gasteiger partial charge in [0.1, 0.15) is 0 Å². The summed E-state index contributed by atoms with van der Waals surface area (Å²) >= 11 is 1.67. The van der Waals surface area contributed by atoms with Crippen LogP contribution in [0.25, 0.3) is 0 Å². The van der Waals surface area contributed by atoms with Gasteiger partial charge < -0.3 is 5.32 Å². The van der Waals surface area contributed by atoms with Crippen molar-refractivity contribution in [2.75, 3.05) is 16.8 Å². The van der Waals surface area contributed by atoms with Crippen LogP contribution in [0.5, 0.6) is 0 Å². The molecule has 96 valence electrons. The smallest absolute Gasteiger partial charge is 0.288 e. The predicted molar refractivity (Wildman–Crippen MR) is 69.9 cm³/mol. The van der Waals surface area contributed by atoms with Crippen LogP contribution in [-0.2, 0) is 4.79 Å². The molecule has 0 spiro atoms. The molecule has 0 aromatic heterocycles. The molecule has 1 aromatic carbocycles. The average molecular weight is 288 g/mol. The van der Waals surface area contributed by atoms with Crippen LogP contribution in [-0.4, -0.2) is 23.2 Å². The topological polar surface area (TPSA) is 52.9 Å². The van der Waals surface area contributed by atoms with E-state index in [2.05, 4.69) is 5.32 Å². The number of alkyl halides is 2. The summed E-state index contributed by atoms with van der Waals surface area (Å²) in [5.74, 6) is -2.21. The van der Waals surface area contributed by atoms with Gasteiger partial charge in [0.2, 0.25) is 5.91 Å². The van der Waals surface area contributed by atoms with Crippen molar-refractivity contribution >= 4 is 35.1 Å². The van der Waals surface area contributed by atoms with Gasteiger partial charge in [-0.2, -0.15) is 14.0 Å². The number of halogens is 2. The molecule has 0 aliphatic heterocycles. The van der Waals surface area contributed by atoms with E-state index in [-0.39, 0.29) is 17.4 Å². The number of anilines is 1. The van der Waals surface area contributed by atoms with Gasteiger partial charge in [0, 0.05) is 10.6 Å². The number of hydrogen-bond donors (Lipinski definition) is 1. The Balaban J connectivity index is 2.43. The molecule has 0 aliphatic carbocycles. The van der Waals surface area contributed by atoms with Gasteiger partial charge in [0.25, 0.3) is 5.76 Å². The summed E-state index contributed by atoms with van der Waals surface area (Å²) in [4.78, 5) is 11.8. The highest BCUT2D eigenvalue weighted by Crippen LogP contribution is 2.26. The van der Waals surface area contributed by atoms with E-state index in [0.717, 1.165) is 0 Å². The van der Waals surface area contributed by atoms with Gasteiger partial charge in [-0.15, -0.1) is 11.8 Å². The molecule has 0 bridgehead atoms. The van der Waals surface area contributed by atoms with E-state index >= 15 is 0 Å². The number of nitrogens with zero attached hydrogens (tertiary/aromatic N) is 1. The van der Waals surface area contributed by atoms with Crippen molar-refractivity contribution in [3.05, 3.63) is 24.3 Å². The fraction of sp³-hybridized carbons (Fsp3) is 0.273. The lowest BCUT2D eigenvalue weighted by atomic mass is 10.3. The first-order valence-electron chi connectivity index (χ1n) is 4.91. The Bertz CT molecular complexity index is 432. The Labute approximate surface area is 112 Å². The Hall–Kier alpha value is -1.26. The number of nitrogens with one attached hydrogen (secondary N) is 1. The number of thioether (sulfide) groups is 2. The highest BCUT2D eigenvalue weighted by molar-refractivity contribution is 8.00. The summed E-state index contributed by atoms with van der Waals surface area (Å²) in [6.45, 7) is 0. The zero-order valence-corrected chi connectivity index (χ0v) is 10.9. The van der Waals surface area contributed by atoms with Gasteiger partial charge in [0.05, 0.1) is 17.6 Å². The monoisotopic (exact) mass is 288 g/mol. The zero-order valence-electron chi connectivity index (χ0n) is 9.23. The van der Waals surface area contributed by atoms with Crippen molar-refractivity contribution in [1.82, 2.24) is 0 Å². The van der Waals surface area contributed by atoms with Crippen LogP contribution in [0.2, 0.25) is 0 Å². The summed E-state index contributed by atoms with van der Waals surface area (Å²) < 4.78 is 24.1. The third kappa shape index (κ3) is 5.89. The van der Waals surface area contributed by atoms with E-state index < -0.39 is 5.76 Å². The molecular weight excluding hydrogens is 278 g/mol. The number of hydrogen-bond acceptors (Lipinski definition) is 4. The summed E-state index contributed by atoms with van der Waals surface area (Å²) in [7, 11) is 0. The fourth-order valence-corrected chi connectivity index (χ4v) is 2.06. The molecular formula is C11H10F2N2OS2. The van der Waals surface area contributed by atoms with Crippen molar-refractivity contribution in [3.63, 3.8) is 0 Å². The number of nitriles is 1. The van der Waals surface area contributed by atoms with E-state index in [0.29, 0.717) is 22.3 Å². The molecule has 1 amide bonds. The molecule has 0 aliphatic rings. The minimum absolute atomic E-state index is 0.196. The number of carbonyl (C=O) groups excluding carboxylic acids is 1. The molecule has 0 radical (unpaired) electrons. The first-order valence-corrected chi connectivity index (χ1v) is 6.94. The van der Waals surface area contributed by atoms with Crippen LogP contribution >= 0.6 is 23.5 Å². The molecule has 0 atom stereocenters. The second-order valence-corrected chi connectivity index (χ2v) is 5.15. The third-order valence-corrected chi connectivity index (χ3v) is 3.29. The summed E-state index contributed by atoms with van der Waals surface area (Å²) in [5, 5.41) is 10.9. The molecule has 0 heterocycles. The van der Waals surface area contributed by atoms with Crippen molar-refractivity contribution in [2.24, 2.45) is 0 Å². The molecule has 3 nitrogen and oxygen atoms in total. The van der Waals surface area contributed by atoms with Crippen LogP contribution in [0.3, 0.4) is 0 Å². The average Bonchev–Trinajstić information content (AvgIpc) is 2.31. The second-order valence-electron chi connectivity index (χ2n) is 3.10. The molecule has 18 heavy (non-hydrogen) atoms. The molecule has 1 N–H and O–H groups in total. The number of carbonyl (C=O) groups is 1. The van der Waals surface area contributed by atoms with Crippen molar-refractivity contribution in [2.45, 2.75) is 10.7 Å². The largest absolute Gasteiger partial charge is 0.325 e. The highest BCUT2D eigenvalue weighted by atomic mass is 32.2. The van der Waals surface area contributed by atoms with E-state index in [9.17, 15) is 13.6 Å². The van der Waals surface area contributed by atoms with E-state index in [1.54, 1.807) is 12.1 Å². The molecule has 0 fully saturated rings. The molecule has 0 saturated carbocycles. The van der Waals surface area contributed by atoms with E-state index in [1.807, 2.05) is 6.07 Å². The minimum Gasteiger partial charge on any atom is -0.325 e. The van der Waals surface area contributed by atoms with Crippen LogP contribution in [0.1, 0.15) is 0 Å². The summed E-state index contributed by atoms with van der Waals surface area (Å²) in [5.41, 5.74) is 0.552. The highest BCUT2D eigenvalue weighted by Gasteiger charge is 2.06. The van der Waals surface area contributed by atoms with Gasteiger partial charge in [-0.25, -0.2) is 0 Å². The van der Waals surface area contributed by atoms with Crippen LogP contribution in [0.15, 0.2) is 29.2 Å². The molecule has 1 rings (SSSR count). The van der Waals surface area contributed by atoms with Gasteiger partial charge in [-0.1, -0.05) is 11.8 Å². The normalized spacial score (nSPS) is 10.1. The Morgan fingerprint density at radius 3 is 2.61 bits per heavy atom. The maximum atomic E-state index is 12.1. The fourth-order valence-electron chi connectivity index (χ4n) is 1.11. The van der Waals surface area contributed by atoms with Crippen molar-refractivity contribution in [1.29, 1.82) is 5.26 Å². The lowest BCUT2D eigenvalue weighted by Gasteiger charge is -2.05. The van der Waals surface area contributed by atoms with Crippen molar-refractivity contribution in [3.8, 4) is 6.07 Å². The van der Waals surface area contributed by atoms with Crippen LogP contribution in [0.4, 0.5) is 14.5 Å². The van der Waals surface area contributed by atoms with E-state index in [1.165, 1.54) is 23.9 Å². The number of benzene rings is 1. The Morgan fingerprint density at radius 1 is 1.39 bits per heavy atom. The van der Waals surface area contributed by atoms with Gasteiger partial charge >= 0.3 is 0 Å². The SMILES string of the molecule is N#CCSCC(=O)Nc1ccc(SC(F)F)cc1. The predicted octanol–water partition coefficient (Wildman–Crippen LogP) is 3.20. The molecule has 0 unspecified atom stereocenters. The molecule has 1 aromatic rings. The van der Waals surface area contributed by atoms with Gasteiger partial charge in [-0.05, 0) is 24.3 Å². The van der Waals surface area contributed by atoms with Crippen LogP contribution < -0.4 is 5.32 Å². The third-order valence-electron chi connectivity index (χ3n) is 1.76. The zero-order chi connectivity index (χ0) is 13.4. The Kier molecular flexibility index (Phi) is 6.54. The standard InChI is InChI=1S/C11H10F2N2OS2/c12-11(13)18-9-3-1-8(2-4-9)15-10(16)7-17-6-5-14/h1-4,11H,6-7H2,(H,15,16). The maximum absolute atomic E-state index is 12.1. The lowest BCUT2D eigenvalue weighted by Crippen LogP contribution is -2.14. The lowest BCUT2D eigenvalue weighted by molar-refractivity contribution is -0.113. The van der Waals surface area contributed by atoms with Crippen LogP contribution in [0, 0.1) is 11.3 Å². The second kappa shape index (κ2) is 7.95. The summed E-state index contributed by atoms with van der Waals surface area (Å²) in [6, 6.07) is 8.10. The maximum Gasteiger partial charge on any atom is 0.288 e. The molecule has 7 heteroatoms. The minimum atomic E-state index is -2.45.